The summed E-state index contributed by atoms with van der Waals surface area (Å²) in [7, 11) is 1.47. The van der Waals surface area contributed by atoms with Gasteiger partial charge in [-0.15, -0.1) is 0 Å². The van der Waals surface area contributed by atoms with Crippen LogP contribution in [-0.2, 0) is 23.8 Å². The molecule has 2 rings (SSSR count). The number of ether oxygens (including phenoxy) is 4. The number of benzene rings is 1. The Morgan fingerprint density at radius 1 is 0.795 bits per heavy atom. The van der Waals surface area contributed by atoms with E-state index in [4.69, 9.17) is 18.9 Å². The summed E-state index contributed by atoms with van der Waals surface area (Å²) >= 11 is 0. The predicted octanol–water partition coefficient (Wildman–Crippen LogP) is 9.48. The lowest BCUT2D eigenvalue weighted by Crippen LogP contribution is -2.28. The van der Waals surface area contributed by atoms with Gasteiger partial charge in [-0.25, -0.2) is 4.79 Å². The molecule has 1 N–H and O–H groups in total. The smallest absolute Gasteiger partial charge is 0.330 e. The first kappa shape index (κ1) is 37.6. The number of esters is 2. The quantitative estimate of drug-likeness (QED) is 0.260. The summed E-state index contributed by atoms with van der Waals surface area (Å²) in [6, 6.07) is 4.81. The van der Waals surface area contributed by atoms with Gasteiger partial charge in [0.05, 0.1) is 7.11 Å². The Hall–Kier alpha value is -2.54. The molecule has 1 aromatic carbocycles. The number of aromatic hydroxyl groups is 1. The normalized spacial score (nSPS) is 21.0. The zero-order chi connectivity index (χ0) is 31.5. The van der Waals surface area contributed by atoms with Crippen LogP contribution in [-0.4, -0.2) is 50.1 Å². The molecule has 1 aliphatic rings. The summed E-state index contributed by atoms with van der Waals surface area (Å²) < 4.78 is 22.1. The number of hydrogen-bond acceptors (Lipinski definition) is 7. The Kier molecular flexibility index (Phi) is 22.0. The minimum Gasteiger partial charge on any atom is -0.504 e. The minimum absolute atomic E-state index is 0.00928. The van der Waals surface area contributed by atoms with Gasteiger partial charge in [-0.05, 0) is 36.6 Å². The van der Waals surface area contributed by atoms with Gasteiger partial charge in [0.15, 0.2) is 11.5 Å². The Morgan fingerprint density at radius 2 is 1.30 bits per heavy atom. The first-order valence-electron chi connectivity index (χ1n) is 17.6. The predicted molar refractivity (Wildman–Crippen MR) is 177 cm³/mol. The number of hydrogen-bond donors (Lipinski definition) is 1. The van der Waals surface area contributed by atoms with Crippen LogP contribution in [0, 0.1) is 0 Å². The van der Waals surface area contributed by atoms with Gasteiger partial charge in [-0.3, -0.25) is 4.79 Å². The maximum absolute atomic E-state index is 12.4. The van der Waals surface area contributed by atoms with Gasteiger partial charge in [-0.2, -0.15) is 0 Å². The Morgan fingerprint density at radius 3 is 1.82 bits per heavy atom. The van der Waals surface area contributed by atoms with Crippen LogP contribution in [0.15, 0.2) is 24.3 Å². The number of carbonyl (C=O) groups is 2. The van der Waals surface area contributed by atoms with E-state index in [0.717, 1.165) is 25.7 Å². The van der Waals surface area contributed by atoms with Crippen LogP contribution in [0.5, 0.6) is 11.5 Å². The molecular weight excluding hydrogens is 556 g/mol. The maximum Gasteiger partial charge on any atom is 0.330 e. The molecule has 0 spiro atoms. The third-order valence-electron chi connectivity index (χ3n) is 8.34. The zero-order valence-corrected chi connectivity index (χ0v) is 27.5. The second kappa shape index (κ2) is 25.8. The second-order valence-electron chi connectivity index (χ2n) is 12.2. The number of cyclic esters (lactones) is 1. The molecule has 0 aliphatic carbocycles. The Balaban J connectivity index is 1.78. The molecule has 44 heavy (non-hydrogen) atoms. The van der Waals surface area contributed by atoms with E-state index in [1.165, 1.54) is 128 Å². The molecule has 1 heterocycles. The van der Waals surface area contributed by atoms with Crippen molar-refractivity contribution in [3.8, 4) is 11.5 Å². The standard InChI is InChI=1S/C37H60O7/c1-41-35-29-32(24-26-34(35)38)25-27-37(40)44-31-33-30-43-36(39)23-21-19-17-15-13-11-9-7-5-3-2-4-6-8-10-12-14-16-18-20-22-28-42-33/h24-27,29,33,38H,2-23,28,30-31H2,1H3/b27-25+. The highest BCUT2D eigenvalue weighted by molar-refractivity contribution is 5.87. The van der Waals surface area contributed by atoms with E-state index in [0.29, 0.717) is 24.3 Å². The molecule has 250 valence electrons. The molecule has 0 saturated carbocycles. The van der Waals surface area contributed by atoms with Gasteiger partial charge in [-0.1, -0.05) is 128 Å². The molecule has 1 unspecified atom stereocenters. The van der Waals surface area contributed by atoms with Crippen molar-refractivity contribution >= 4 is 18.0 Å². The number of phenolic OH excluding ortho intramolecular Hbond substituents is 1. The molecule has 7 nitrogen and oxygen atoms in total. The lowest BCUT2D eigenvalue weighted by molar-refractivity contribution is -0.153. The highest BCUT2D eigenvalue weighted by Crippen LogP contribution is 2.26. The van der Waals surface area contributed by atoms with Gasteiger partial charge < -0.3 is 24.1 Å². The first-order chi connectivity index (χ1) is 21.6. The van der Waals surface area contributed by atoms with E-state index in [1.54, 1.807) is 18.2 Å². The summed E-state index contributed by atoms with van der Waals surface area (Å²) in [6.45, 7) is 0.628. The number of methoxy groups -OCH3 is 1. The van der Waals surface area contributed by atoms with E-state index < -0.39 is 12.1 Å². The Bertz CT molecular complexity index is 913. The Labute approximate surface area is 267 Å². The topological polar surface area (TPSA) is 91.3 Å². The molecule has 0 aromatic heterocycles. The van der Waals surface area contributed by atoms with E-state index >= 15 is 0 Å². The van der Waals surface area contributed by atoms with Gasteiger partial charge >= 0.3 is 11.9 Å². The van der Waals surface area contributed by atoms with Crippen molar-refractivity contribution in [2.45, 2.75) is 147 Å². The molecule has 7 heteroatoms. The van der Waals surface area contributed by atoms with Crippen molar-refractivity contribution in [3.63, 3.8) is 0 Å². The molecular formula is C37H60O7. The van der Waals surface area contributed by atoms with Gasteiger partial charge in [0.2, 0.25) is 0 Å². The van der Waals surface area contributed by atoms with E-state index in [1.807, 2.05) is 0 Å². The summed E-state index contributed by atoms with van der Waals surface area (Å²) in [4.78, 5) is 24.8. The van der Waals surface area contributed by atoms with Crippen LogP contribution in [0.3, 0.4) is 0 Å². The summed E-state index contributed by atoms with van der Waals surface area (Å²) in [5, 5.41) is 9.75. The molecule has 1 aliphatic heterocycles. The van der Waals surface area contributed by atoms with Crippen LogP contribution in [0.4, 0.5) is 0 Å². The van der Waals surface area contributed by atoms with Gasteiger partial charge in [0, 0.05) is 19.1 Å². The van der Waals surface area contributed by atoms with Crippen LogP contribution in [0.2, 0.25) is 0 Å². The van der Waals surface area contributed by atoms with Gasteiger partial charge in [0.1, 0.15) is 19.3 Å². The van der Waals surface area contributed by atoms with Gasteiger partial charge in [0.25, 0.3) is 0 Å². The molecule has 0 radical (unpaired) electrons. The molecule has 1 atom stereocenters. The SMILES string of the molecule is COc1cc(/C=C/C(=O)OCC2COC(=O)CCCCCCCCCCCCCCCCCCCCCCCO2)ccc1O. The molecule has 1 aromatic rings. The molecule has 1 saturated heterocycles. The van der Waals surface area contributed by atoms with Crippen molar-refractivity contribution in [2.24, 2.45) is 0 Å². The van der Waals surface area contributed by atoms with E-state index in [9.17, 15) is 14.7 Å². The largest absolute Gasteiger partial charge is 0.504 e. The summed E-state index contributed by atoms with van der Waals surface area (Å²) in [5.74, 6) is -0.385. The van der Waals surface area contributed by atoms with Crippen molar-refractivity contribution in [2.75, 3.05) is 26.9 Å². The van der Waals surface area contributed by atoms with Crippen molar-refractivity contribution in [1.29, 1.82) is 0 Å². The molecule has 1 fully saturated rings. The minimum atomic E-state index is -0.519. The fourth-order valence-corrected chi connectivity index (χ4v) is 5.57. The number of carbonyl (C=O) groups excluding carboxylic acids is 2. The lowest BCUT2D eigenvalue weighted by Gasteiger charge is -2.18. The molecule has 0 amide bonds. The zero-order valence-electron chi connectivity index (χ0n) is 27.5. The molecule has 0 bridgehead atoms. The summed E-state index contributed by atoms with van der Waals surface area (Å²) in [5.41, 5.74) is 0.693. The second-order valence-corrected chi connectivity index (χ2v) is 12.2. The average molecular weight is 617 g/mol. The maximum atomic E-state index is 12.4. The number of rotatable bonds is 5. The van der Waals surface area contributed by atoms with Crippen LogP contribution >= 0.6 is 0 Å². The van der Waals surface area contributed by atoms with Crippen LogP contribution in [0.25, 0.3) is 6.08 Å². The third-order valence-corrected chi connectivity index (χ3v) is 8.34. The first-order valence-corrected chi connectivity index (χ1v) is 17.6. The van der Waals surface area contributed by atoms with Crippen molar-refractivity contribution < 1.29 is 33.6 Å². The highest BCUT2D eigenvalue weighted by atomic mass is 16.6. The fourth-order valence-electron chi connectivity index (χ4n) is 5.57. The van der Waals surface area contributed by atoms with E-state index in [-0.39, 0.29) is 24.9 Å². The monoisotopic (exact) mass is 616 g/mol. The van der Waals surface area contributed by atoms with Crippen molar-refractivity contribution in [1.82, 2.24) is 0 Å². The summed E-state index contributed by atoms with van der Waals surface area (Å²) in [6.07, 6.45) is 29.4. The third kappa shape index (κ3) is 19.7. The van der Waals surface area contributed by atoms with E-state index in [2.05, 4.69) is 0 Å². The highest BCUT2D eigenvalue weighted by Gasteiger charge is 2.15. The lowest BCUT2D eigenvalue weighted by atomic mass is 10.0. The number of phenols is 1. The average Bonchev–Trinajstić information content (AvgIpc) is 3.03. The van der Waals surface area contributed by atoms with Crippen LogP contribution < -0.4 is 4.74 Å². The fraction of sp³-hybridized carbons (Fsp3) is 0.730. The van der Waals surface area contributed by atoms with Crippen molar-refractivity contribution in [3.05, 3.63) is 29.8 Å². The van der Waals surface area contributed by atoms with Crippen LogP contribution in [0.1, 0.15) is 147 Å².